The van der Waals surface area contributed by atoms with Crippen LogP contribution in [0.1, 0.15) is 44.9 Å². The highest BCUT2D eigenvalue weighted by atomic mass is 32.2. The Labute approximate surface area is 114 Å². The first kappa shape index (κ1) is 13.1. The van der Waals surface area contributed by atoms with Crippen LogP contribution >= 0.6 is 0 Å². The van der Waals surface area contributed by atoms with Gasteiger partial charge in [-0.15, -0.1) is 0 Å². The molecule has 1 unspecified atom stereocenters. The van der Waals surface area contributed by atoms with Crippen molar-refractivity contribution in [1.82, 2.24) is 14.5 Å². The zero-order chi connectivity index (χ0) is 13.3. The van der Waals surface area contributed by atoms with E-state index in [0.717, 1.165) is 12.8 Å². The highest BCUT2D eigenvalue weighted by molar-refractivity contribution is 7.89. The van der Waals surface area contributed by atoms with Crippen molar-refractivity contribution in [1.29, 1.82) is 0 Å². The molecule has 0 bridgehead atoms. The van der Waals surface area contributed by atoms with Gasteiger partial charge in [-0.2, -0.15) is 9.40 Å². The maximum Gasteiger partial charge on any atom is 0.246 e. The quantitative estimate of drug-likeness (QED) is 0.924. The van der Waals surface area contributed by atoms with Gasteiger partial charge in [-0.05, 0) is 31.6 Å². The predicted octanol–water partition coefficient (Wildman–Crippen LogP) is 2.14. The molecular formula is C13H21N3O2S. The molecule has 3 rings (SSSR count). The van der Waals surface area contributed by atoms with Gasteiger partial charge in [0.2, 0.25) is 10.0 Å². The van der Waals surface area contributed by atoms with Gasteiger partial charge in [-0.25, -0.2) is 8.42 Å². The second-order valence-corrected chi connectivity index (χ2v) is 7.55. The highest BCUT2D eigenvalue weighted by Gasteiger charge is 2.39. The van der Waals surface area contributed by atoms with Crippen LogP contribution in [-0.2, 0) is 10.0 Å². The van der Waals surface area contributed by atoms with Crippen molar-refractivity contribution < 1.29 is 8.42 Å². The Morgan fingerprint density at radius 2 is 1.95 bits per heavy atom. The molecule has 2 heterocycles. The third-order valence-corrected chi connectivity index (χ3v) is 6.41. The molecule has 2 fully saturated rings. The summed E-state index contributed by atoms with van der Waals surface area (Å²) >= 11 is 0. The SMILES string of the molecule is O=S(=O)(c1cn[nH]c1)N1CCCC1C1CCCCC1. The van der Waals surface area contributed by atoms with E-state index in [1.807, 2.05) is 0 Å². The van der Waals surface area contributed by atoms with Crippen LogP contribution < -0.4 is 0 Å². The molecule has 0 spiro atoms. The van der Waals surface area contributed by atoms with Gasteiger partial charge in [0.15, 0.2) is 0 Å². The van der Waals surface area contributed by atoms with Gasteiger partial charge < -0.3 is 0 Å². The van der Waals surface area contributed by atoms with Crippen molar-refractivity contribution >= 4 is 10.0 Å². The van der Waals surface area contributed by atoms with Crippen LogP contribution in [0.25, 0.3) is 0 Å². The molecule has 1 saturated heterocycles. The van der Waals surface area contributed by atoms with Gasteiger partial charge in [0, 0.05) is 18.8 Å². The van der Waals surface area contributed by atoms with Crippen molar-refractivity contribution in [3.05, 3.63) is 12.4 Å². The number of nitrogens with zero attached hydrogens (tertiary/aromatic N) is 2. The van der Waals surface area contributed by atoms with Crippen molar-refractivity contribution in [3.63, 3.8) is 0 Å². The largest absolute Gasteiger partial charge is 0.284 e. The van der Waals surface area contributed by atoms with E-state index < -0.39 is 10.0 Å². The first-order valence-electron chi connectivity index (χ1n) is 7.20. The number of sulfonamides is 1. The maximum atomic E-state index is 12.6. The van der Waals surface area contributed by atoms with Crippen LogP contribution in [0.4, 0.5) is 0 Å². The van der Waals surface area contributed by atoms with Gasteiger partial charge >= 0.3 is 0 Å². The van der Waals surface area contributed by atoms with Crippen LogP contribution in [0.15, 0.2) is 17.3 Å². The standard InChI is InChI=1S/C13H21N3O2S/c17-19(18,12-9-14-15-10-12)16-8-4-7-13(16)11-5-2-1-3-6-11/h9-11,13H,1-8H2,(H,14,15). The summed E-state index contributed by atoms with van der Waals surface area (Å²) in [6.07, 6.45) is 11.1. The molecule has 1 aliphatic heterocycles. The molecule has 0 radical (unpaired) electrons. The second-order valence-electron chi connectivity index (χ2n) is 5.66. The lowest BCUT2D eigenvalue weighted by atomic mass is 9.83. The van der Waals surface area contributed by atoms with Crippen molar-refractivity contribution in [3.8, 4) is 0 Å². The van der Waals surface area contributed by atoms with Crippen LogP contribution in [0, 0.1) is 5.92 Å². The van der Waals surface area contributed by atoms with E-state index in [9.17, 15) is 8.42 Å². The molecule has 1 saturated carbocycles. The van der Waals surface area contributed by atoms with E-state index in [-0.39, 0.29) is 6.04 Å². The fraction of sp³-hybridized carbons (Fsp3) is 0.769. The Morgan fingerprint density at radius 3 is 2.63 bits per heavy atom. The average Bonchev–Trinajstić information content (AvgIpc) is 3.11. The number of hydrogen-bond acceptors (Lipinski definition) is 3. The molecule has 19 heavy (non-hydrogen) atoms. The number of nitrogens with one attached hydrogen (secondary N) is 1. The molecule has 2 aliphatic rings. The number of aromatic nitrogens is 2. The molecule has 5 nitrogen and oxygen atoms in total. The highest BCUT2D eigenvalue weighted by Crippen LogP contribution is 2.36. The number of hydrogen-bond donors (Lipinski definition) is 1. The third kappa shape index (κ3) is 2.43. The van der Waals surface area contributed by atoms with Gasteiger partial charge in [0.05, 0.1) is 6.20 Å². The first-order valence-corrected chi connectivity index (χ1v) is 8.64. The minimum absolute atomic E-state index is 0.209. The van der Waals surface area contributed by atoms with Crippen LogP contribution in [0.5, 0.6) is 0 Å². The lowest BCUT2D eigenvalue weighted by molar-refractivity contribution is 0.226. The first-order chi connectivity index (χ1) is 9.19. The smallest absolute Gasteiger partial charge is 0.246 e. The molecular weight excluding hydrogens is 262 g/mol. The summed E-state index contributed by atoms with van der Waals surface area (Å²) in [6.45, 7) is 0.661. The molecule has 6 heteroatoms. The van der Waals surface area contributed by atoms with E-state index in [4.69, 9.17) is 0 Å². The Kier molecular flexibility index (Phi) is 3.62. The Hall–Kier alpha value is -0.880. The number of aromatic amines is 1. The lowest BCUT2D eigenvalue weighted by Crippen LogP contribution is -2.40. The zero-order valence-corrected chi connectivity index (χ0v) is 11.9. The van der Waals surface area contributed by atoms with E-state index >= 15 is 0 Å². The van der Waals surface area contributed by atoms with Crippen molar-refractivity contribution in [2.75, 3.05) is 6.54 Å². The minimum atomic E-state index is -3.35. The molecule has 106 valence electrons. The molecule has 1 aromatic heterocycles. The maximum absolute atomic E-state index is 12.6. The molecule has 1 aliphatic carbocycles. The third-order valence-electron chi connectivity index (χ3n) is 4.52. The van der Waals surface area contributed by atoms with Crippen LogP contribution in [0.2, 0.25) is 0 Å². The molecule has 0 aromatic carbocycles. The van der Waals surface area contributed by atoms with Crippen LogP contribution in [-0.4, -0.2) is 35.5 Å². The summed E-state index contributed by atoms with van der Waals surface area (Å²) in [5.41, 5.74) is 0. The molecule has 1 atom stereocenters. The Morgan fingerprint density at radius 1 is 1.16 bits per heavy atom. The number of H-pyrrole nitrogens is 1. The zero-order valence-electron chi connectivity index (χ0n) is 11.1. The van der Waals surface area contributed by atoms with Gasteiger partial charge in [-0.1, -0.05) is 19.3 Å². The summed E-state index contributed by atoms with van der Waals surface area (Å²) in [4.78, 5) is 0.301. The Bertz CT molecular complexity index is 506. The minimum Gasteiger partial charge on any atom is -0.284 e. The van der Waals surface area contributed by atoms with E-state index in [1.54, 1.807) is 4.31 Å². The topological polar surface area (TPSA) is 66.1 Å². The average molecular weight is 283 g/mol. The van der Waals surface area contributed by atoms with Gasteiger partial charge in [0.25, 0.3) is 0 Å². The van der Waals surface area contributed by atoms with Gasteiger partial charge in [-0.3, -0.25) is 5.10 Å². The van der Waals surface area contributed by atoms with Crippen LogP contribution in [0.3, 0.4) is 0 Å². The summed E-state index contributed by atoms with van der Waals surface area (Å²) in [5.74, 6) is 0.554. The predicted molar refractivity (Wildman–Crippen MR) is 72.1 cm³/mol. The summed E-state index contributed by atoms with van der Waals surface area (Å²) in [7, 11) is -3.35. The monoisotopic (exact) mass is 283 g/mol. The van der Waals surface area contributed by atoms with E-state index in [2.05, 4.69) is 10.2 Å². The molecule has 0 amide bonds. The Balaban J connectivity index is 1.83. The van der Waals surface area contributed by atoms with Gasteiger partial charge in [0.1, 0.15) is 4.90 Å². The summed E-state index contributed by atoms with van der Waals surface area (Å²) in [5, 5.41) is 6.36. The lowest BCUT2D eigenvalue weighted by Gasteiger charge is -2.33. The molecule has 1 N–H and O–H groups in total. The van der Waals surface area contributed by atoms with Crippen molar-refractivity contribution in [2.24, 2.45) is 5.92 Å². The molecule has 1 aromatic rings. The number of rotatable bonds is 3. The van der Waals surface area contributed by atoms with E-state index in [0.29, 0.717) is 17.4 Å². The fourth-order valence-electron chi connectivity index (χ4n) is 3.57. The summed E-state index contributed by atoms with van der Waals surface area (Å²) in [6, 6.07) is 0.209. The van der Waals surface area contributed by atoms with E-state index in [1.165, 1.54) is 44.5 Å². The van der Waals surface area contributed by atoms with Crippen molar-refractivity contribution in [2.45, 2.75) is 55.9 Å². The fourth-order valence-corrected chi connectivity index (χ4v) is 5.23. The summed E-state index contributed by atoms with van der Waals surface area (Å²) < 4.78 is 27.0. The normalized spacial score (nSPS) is 26.8. The second kappa shape index (κ2) is 5.25.